The molecule has 0 saturated heterocycles. The quantitative estimate of drug-likeness (QED) is 0.731. The number of alkyl halides is 1. The van der Waals surface area contributed by atoms with Crippen LogP contribution in [0.1, 0.15) is 0 Å². The molecule has 9 heteroatoms. The van der Waals surface area contributed by atoms with Crippen molar-refractivity contribution in [1.82, 2.24) is 4.72 Å². The second kappa shape index (κ2) is 7.45. The molecule has 1 aromatic carbocycles. The predicted molar refractivity (Wildman–Crippen MR) is 80.9 cm³/mol. The molecule has 19 heavy (non-hydrogen) atoms. The highest BCUT2D eigenvalue weighted by atomic mass is 79.9. The molecule has 0 spiro atoms. The molecule has 1 aromatic rings. The van der Waals surface area contributed by atoms with Gasteiger partial charge in [-0.15, -0.1) is 11.6 Å². The third-order valence-corrected chi connectivity index (χ3v) is 5.16. The zero-order valence-electron chi connectivity index (χ0n) is 9.79. The van der Waals surface area contributed by atoms with E-state index in [-0.39, 0.29) is 28.1 Å². The van der Waals surface area contributed by atoms with Gasteiger partial charge in [0.2, 0.25) is 10.0 Å². The lowest BCUT2D eigenvalue weighted by atomic mass is 10.4. The summed E-state index contributed by atoms with van der Waals surface area (Å²) in [7, 11) is -2.35. The zero-order chi connectivity index (χ0) is 14.6. The van der Waals surface area contributed by atoms with Crippen LogP contribution in [-0.4, -0.2) is 34.1 Å². The van der Waals surface area contributed by atoms with Crippen LogP contribution in [0.5, 0.6) is 0 Å². The summed E-state index contributed by atoms with van der Waals surface area (Å²) in [5, 5.41) is -0.415. The summed E-state index contributed by atoms with van der Waals surface area (Å²) in [5.41, 5.74) is 0. The SMILES string of the molecule is COCC(Cl)CNS(=O)(=O)c1c(Cl)cc(Br)cc1Cl. The van der Waals surface area contributed by atoms with Gasteiger partial charge in [0, 0.05) is 18.1 Å². The van der Waals surface area contributed by atoms with E-state index in [4.69, 9.17) is 39.5 Å². The Labute approximate surface area is 135 Å². The van der Waals surface area contributed by atoms with Crippen molar-refractivity contribution in [2.24, 2.45) is 0 Å². The van der Waals surface area contributed by atoms with Gasteiger partial charge < -0.3 is 4.74 Å². The lowest BCUT2D eigenvalue weighted by Crippen LogP contribution is -2.32. The van der Waals surface area contributed by atoms with E-state index in [2.05, 4.69) is 20.7 Å². The first-order valence-corrected chi connectivity index (χ1v) is 8.52. The Morgan fingerprint density at radius 1 is 1.37 bits per heavy atom. The van der Waals surface area contributed by atoms with Crippen molar-refractivity contribution in [3.63, 3.8) is 0 Å². The van der Waals surface area contributed by atoms with Gasteiger partial charge in [0.05, 0.1) is 22.0 Å². The normalized spacial score (nSPS) is 13.5. The minimum absolute atomic E-state index is 0.0143. The molecule has 1 unspecified atom stereocenters. The van der Waals surface area contributed by atoms with Crippen molar-refractivity contribution in [2.75, 3.05) is 20.3 Å². The van der Waals surface area contributed by atoms with Gasteiger partial charge in [-0.05, 0) is 12.1 Å². The molecule has 1 N–H and O–H groups in total. The van der Waals surface area contributed by atoms with E-state index in [1.54, 1.807) is 0 Å². The fourth-order valence-corrected chi connectivity index (χ4v) is 4.61. The Morgan fingerprint density at radius 2 is 1.89 bits per heavy atom. The average molecular weight is 412 g/mol. The standard InChI is InChI=1S/C10H11BrCl3NO3S/c1-18-5-7(12)4-15-19(16,17)10-8(13)2-6(11)3-9(10)14/h2-3,7,15H,4-5H2,1H3. The third kappa shape index (κ3) is 5.04. The molecule has 108 valence electrons. The first kappa shape index (κ1) is 17.5. The van der Waals surface area contributed by atoms with Crippen molar-refractivity contribution in [3.05, 3.63) is 26.7 Å². The molecule has 0 radical (unpaired) electrons. The van der Waals surface area contributed by atoms with E-state index in [9.17, 15) is 8.42 Å². The summed E-state index contributed by atoms with van der Waals surface area (Å²) < 4.78 is 31.9. The summed E-state index contributed by atoms with van der Waals surface area (Å²) in [6.07, 6.45) is 0. The Bertz CT molecular complexity index is 530. The van der Waals surface area contributed by atoms with Crippen LogP contribution in [0.2, 0.25) is 10.0 Å². The molecule has 4 nitrogen and oxygen atoms in total. The zero-order valence-corrected chi connectivity index (χ0v) is 14.5. The number of rotatable bonds is 6. The van der Waals surface area contributed by atoms with Gasteiger partial charge in [-0.25, -0.2) is 13.1 Å². The van der Waals surface area contributed by atoms with Crippen LogP contribution in [0.4, 0.5) is 0 Å². The number of hydrogen-bond donors (Lipinski definition) is 1. The maximum Gasteiger partial charge on any atom is 0.243 e. The first-order chi connectivity index (χ1) is 8.77. The minimum Gasteiger partial charge on any atom is -0.383 e. The van der Waals surface area contributed by atoms with Crippen LogP contribution >= 0.6 is 50.7 Å². The molecular weight excluding hydrogens is 400 g/mol. The lowest BCUT2D eigenvalue weighted by molar-refractivity contribution is 0.198. The highest BCUT2D eigenvalue weighted by Gasteiger charge is 2.23. The van der Waals surface area contributed by atoms with Crippen LogP contribution in [0.15, 0.2) is 21.5 Å². The molecule has 0 aromatic heterocycles. The van der Waals surface area contributed by atoms with Crippen LogP contribution < -0.4 is 4.72 Å². The number of benzene rings is 1. The molecule has 1 atom stereocenters. The van der Waals surface area contributed by atoms with Crippen molar-refractivity contribution in [1.29, 1.82) is 0 Å². The minimum atomic E-state index is -3.83. The van der Waals surface area contributed by atoms with E-state index in [1.807, 2.05) is 0 Å². The molecule has 0 bridgehead atoms. The van der Waals surface area contributed by atoms with Crippen molar-refractivity contribution in [3.8, 4) is 0 Å². The smallest absolute Gasteiger partial charge is 0.243 e. The maximum atomic E-state index is 12.1. The van der Waals surface area contributed by atoms with Crippen LogP contribution in [-0.2, 0) is 14.8 Å². The summed E-state index contributed by atoms with van der Waals surface area (Å²) in [5.74, 6) is 0. The number of halogens is 4. The number of hydrogen-bond acceptors (Lipinski definition) is 3. The lowest BCUT2D eigenvalue weighted by Gasteiger charge is -2.13. The molecule has 0 amide bonds. The largest absolute Gasteiger partial charge is 0.383 e. The van der Waals surface area contributed by atoms with Crippen LogP contribution in [0.3, 0.4) is 0 Å². The third-order valence-electron chi connectivity index (χ3n) is 2.07. The molecular formula is C10H11BrCl3NO3S. The Morgan fingerprint density at radius 3 is 2.37 bits per heavy atom. The van der Waals surface area contributed by atoms with Gasteiger partial charge in [-0.3, -0.25) is 0 Å². The molecule has 0 aliphatic rings. The maximum absolute atomic E-state index is 12.1. The molecule has 1 rings (SSSR count). The van der Waals surface area contributed by atoms with Crippen LogP contribution in [0.25, 0.3) is 0 Å². The average Bonchev–Trinajstić information content (AvgIpc) is 2.25. The summed E-state index contributed by atoms with van der Waals surface area (Å²) >= 11 is 20.8. The first-order valence-electron chi connectivity index (χ1n) is 5.05. The van der Waals surface area contributed by atoms with E-state index >= 15 is 0 Å². The molecule has 0 saturated carbocycles. The van der Waals surface area contributed by atoms with Gasteiger partial charge in [0.1, 0.15) is 4.90 Å². The fourth-order valence-electron chi connectivity index (χ4n) is 1.30. The second-order valence-corrected chi connectivity index (χ2v) is 7.65. The number of methoxy groups -OCH3 is 1. The van der Waals surface area contributed by atoms with Gasteiger partial charge in [-0.1, -0.05) is 39.1 Å². The Balaban J connectivity index is 2.95. The summed E-state index contributed by atoms with van der Waals surface area (Å²) in [6.45, 7) is 0.242. The molecule has 0 aliphatic heterocycles. The summed E-state index contributed by atoms with van der Waals surface area (Å²) in [6, 6.07) is 2.91. The van der Waals surface area contributed by atoms with E-state index < -0.39 is 15.4 Å². The highest BCUT2D eigenvalue weighted by molar-refractivity contribution is 9.10. The van der Waals surface area contributed by atoms with Gasteiger partial charge >= 0.3 is 0 Å². The summed E-state index contributed by atoms with van der Waals surface area (Å²) in [4.78, 5) is -0.166. The van der Waals surface area contributed by atoms with Crippen molar-refractivity contribution in [2.45, 2.75) is 10.3 Å². The number of sulfonamides is 1. The van der Waals surface area contributed by atoms with E-state index in [1.165, 1.54) is 19.2 Å². The Hall–Kier alpha value is 0.440. The van der Waals surface area contributed by atoms with E-state index in [0.717, 1.165) is 0 Å². The fraction of sp³-hybridized carbons (Fsp3) is 0.400. The molecule has 0 aliphatic carbocycles. The molecule has 0 fully saturated rings. The topological polar surface area (TPSA) is 55.4 Å². The van der Waals surface area contributed by atoms with Crippen LogP contribution in [0, 0.1) is 0 Å². The van der Waals surface area contributed by atoms with Gasteiger partial charge in [-0.2, -0.15) is 0 Å². The second-order valence-electron chi connectivity index (χ2n) is 3.60. The Kier molecular flexibility index (Phi) is 6.86. The monoisotopic (exact) mass is 409 g/mol. The van der Waals surface area contributed by atoms with Gasteiger partial charge in [0.15, 0.2) is 0 Å². The number of nitrogens with one attached hydrogen (secondary N) is 1. The van der Waals surface area contributed by atoms with Gasteiger partial charge in [0.25, 0.3) is 0 Å². The van der Waals surface area contributed by atoms with Crippen molar-refractivity contribution >= 4 is 60.8 Å². The predicted octanol–water partition coefficient (Wildman–Crippen LogP) is 3.29. The molecule has 0 heterocycles. The van der Waals surface area contributed by atoms with Crippen molar-refractivity contribution < 1.29 is 13.2 Å². The number of ether oxygens (including phenoxy) is 1. The highest BCUT2D eigenvalue weighted by Crippen LogP contribution is 2.32. The van der Waals surface area contributed by atoms with E-state index in [0.29, 0.717) is 4.47 Å².